The molecule has 0 aromatic rings. The van der Waals surface area contributed by atoms with Gasteiger partial charge in [-0.25, -0.2) is 0 Å². The third kappa shape index (κ3) is 1.93. The average Bonchev–Trinajstić information content (AvgIpc) is 2.12. The number of carbonyl (C=O) groups excluding carboxylic acids is 1. The normalized spacial score (nSPS) is 32.7. The van der Waals surface area contributed by atoms with E-state index >= 15 is 0 Å². The molecular weight excluding hydrogens is 140 g/mol. The number of rotatable bonds is 1. The van der Waals surface area contributed by atoms with Gasteiger partial charge >= 0.3 is 0 Å². The minimum atomic E-state index is 0.0394. The molecule has 0 aliphatic carbocycles. The van der Waals surface area contributed by atoms with Crippen LogP contribution in [0.2, 0.25) is 0 Å². The van der Waals surface area contributed by atoms with Gasteiger partial charge in [-0.2, -0.15) is 0 Å². The Morgan fingerprint density at radius 2 is 2.45 bits per heavy atom. The summed E-state index contributed by atoms with van der Waals surface area (Å²) in [5, 5.41) is 2.86. The number of nitrogens with one attached hydrogen (secondary N) is 1. The summed E-state index contributed by atoms with van der Waals surface area (Å²) in [5.74, 6) is 0.176. The summed E-state index contributed by atoms with van der Waals surface area (Å²) in [7, 11) is 0. The molecule has 0 saturated carbocycles. The van der Waals surface area contributed by atoms with Gasteiger partial charge in [0, 0.05) is 12.6 Å². The van der Waals surface area contributed by atoms with E-state index in [-0.39, 0.29) is 17.9 Å². The molecule has 1 saturated heterocycles. The second-order valence-electron chi connectivity index (χ2n) is 3.11. The number of amides is 1. The van der Waals surface area contributed by atoms with Gasteiger partial charge in [-0.3, -0.25) is 4.79 Å². The number of nitrogens with two attached hydrogens (primary N) is 1. The molecule has 1 fully saturated rings. The summed E-state index contributed by atoms with van der Waals surface area (Å²) >= 11 is 0. The molecule has 64 valence electrons. The van der Waals surface area contributed by atoms with Crippen LogP contribution < -0.4 is 11.1 Å². The maximum absolute atomic E-state index is 11.3. The minimum Gasteiger partial charge on any atom is -0.356 e. The van der Waals surface area contributed by atoms with Crippen molar-refractivity contribution in [2.45, 2.75) is 32.2 Å². The fraction of sp³-hybridized carbons (Fsp3) is 0.875. The van der Waals surface area contributed by atoms with Crippen LogP contribution in [0.3, 0.4) is 0 Å². The van der Waals surface area contributed by atoms with Crippen molar-refractivity contribution >= 4 is 5.91 Å². The van der Waals surface area contributed by atoms with Crippen LogP contribution in [-0.4, -0.2) is 18.5 Å². The monoisotopic (exact) mass is 156 g/mol. The van der Waals surface area contributed by atoms with Gasteiger partial charge in [-0.05, 0) is 19.3 Å². The first-order valence-corrected chi connectivity index (χ1v) is 4.29. The number of hydrogen-bond acceptors (Lipinski definition) is 2. The first-order valence-electron chi connectivity index (χ1n) is 4.29. The van der Waals surface area contributed by atoms with Crippen molar-refractivity contribution in [2.75, 3.05) is 6.54 Å². The van der Waals surface area contributed by atoms with Gasteiger partial charge in [-0.1, -0.05) is 6.92 Å². The maximum atomic E-state index is 11.3. The largest absolute Gasteiger partial charge is 0.356 e. The summed E-state index contributed by atoms with van der Waals surface area (Å²) in [6.07, 6.45) is 2.84. The molecule has 1 amide bonds. The highest BCUT2D eigenvalue weighted by Gasteiger charge is 2.25. The van der Waals surface area contributed by atoms with E-state index in [2.05, 4.69) is 5.32 Å². The Balaban J connectivity index is 2.58. The summed E-state index contributed by atoms with van der Waals surface area (Å²) in [6, 6.07) is 0.0718. The summed E-state index contributed by atoms with van der Waals surface area (Å²) in [5.41, 5.74) is 5.82. The Bertz CT molecular complexity index is 147. The Hall–Kier alpha value is -0.570. The smallest absolute Gasteiger partial charge is 0.224 e. The molecule has 3 nitrogen and oxygen atoms in total. The quantitative estimate of drug-likeness (QED) is 0.571. The second-order valence-corrected chi connectivity index (χ2v) is 3.11. The molecule has 1 heterocycles. The molecule has 11 heavy (non-hydrogen) atoms. The van der Waals surface area contributed by atoms with E-state index in [9.17, 15) is 4.79 Å². The second kappa shape index (κ2) is 3.72. The molecule has 0 bridgehead atoms. The third-order valence-corrected chi connectivity index (χ3v) is 2.31. The maximum Gasteiger partial charge on any atom is 0.224 e. The van der Waals surface area contributed by atoms with Crippen LogP contribution in [0.25, 0.3) is 0 Å². The van der Waals surface area contributed by atoms with E-state index in [0.29, 0.717) is 0 Å². The highest BCUT2D eigenvalue weighted by Crippen LogP contribution is 2.14. The molecule has 0 radical (unpaired) electrons. The molecule has 3 N–H and O–H groups in total. The lowest BCUT2D eigenvalue weighted by Crippen LogP contribution is -2.38. The number of hydrogen-bond donors (Lipinski definition) is 2. The predicted octanol–water partition coefficient (Wildman–Crippen LogP) is 0.250. The van der Waals surface area contributed by atoms with Gasteiger partial charge in [0.15, 0.2) is 0 Å². The van der Waals surface area contributed by atoms with Crippen LogP contribution >= 0.6 is 0 Å². The van der Waals surface area contributed by atoms with Crippen LogP contribution in [-0.2, 0) is 4.79 Å². The van der Waals surface area contributed by atoms with E-state index in [1.165, 1.54) is 0 Å². The van der Waals surface area contributed by atoms with Gasteiger partial charge in [0.1, 0.15) is 0 Å². The molecule has 1 aliphatic heterocycles. The van der Waals surface area contributed by atoms with E-state index in [0.717, 1.165) is 25.8 Å². The van der Waals surface area contributed by atoms with E-state index in [1.807, 2.05) is 6.92 Å². The Morgan fingerprint density at radius 3 is 3.09 bits per heavy atom. The van der Waals surface area contributed by atoms with Crippen molar-refractivity contribution in [3.63, 3.8) is 0 Å². The molecule has 2 atom stereocenters. The van der Waals surface area contributed by atoms with Crippen LogP contribution in [0.4, 0.5) is 0 Å². The van der Waals surface area contributed by atoms with E-state index < -0.39 is 0 Å². The zero-order chi connectivity index (χ0) is 8.27. The topological polar surface area (TPSA) is 55.1 Å². The SMILES string of the molecule is CCC1C(=O)NCCC[C@@H]1N. The molecular formula is C8H16N2O. The average molecular weight is 156 g/mol. The fourth-order valence-corrected chi connectivity index (χ4v) is 1.56. The summed E-state index contributed by atoms with van der Waals surface area (Å²) < 4.78 is 0. The van der Waals surface area contributed by atoms with Crippen molar-refractivity contribution in [2.24, 2.45) is 11.7 Å². The lowest BCUT2D eigenvalue weighted by molar-refractivity contribution is -0.125. The van der Waals surface area contributed by atoms with Gasteiger partial charge < -0.3 is 11.1 Å². The van der Waals surface area contributed by atoms with Crippen molar-refractivity contribution in [3.05, 3.63) is 0 Å². The third-order valence-electron chi connectivity index (χ3n) is 2.31. The first-order chi connectivity index (χ1) is 5.25. The van der Waals surface area contributed by atoms with Crippen LogP contribution in [0.1, 0.15) is 26.2 Å². The fourth-order valence-electron chi connectivity index (χ4n) is 1.56. The minimum absolute atomic E-state index is 0.0394. The summed E-state index contributed by atoms with van der Waals surface area (Å²) in [6.45, 7) is 2.80. The van der Waals surface area contributed by atoms with Gasteiger partial charge in [0.2, 0.25) is 5.91 Å². The molecule has 3 heteroatoms. The van der Waals surface area contributed by atoms with Crippen LogP contribution in [0.5, 0.6) is 0 Å². The summed E-state index contributed by atoms with van der Waals surface area (Å²) in [4.78, 5) is 11.3. The Morgan fingerprint density at radius 1 is 1.73 bits per heavy atom. The van der Waals surface area contributed by atoms with Crippen LogP contribution in [0, 0.1) is 5.92 Å². The van der Waals surface area contributed by atoms with Gasteiger partial charge in [0.25, 0.3) is 0 Å². The standard InChI is InChI=1S/C8H16N2O/c1-2-6-7(9)4-3-5-10-8(6)11/h6-7H,2-5,9H2,1H3,(H,10,11)/t6?,7-/m0/s1. The zero-order valence-corrected chi connectivity index (χ0v) is 6.97. The van der Waals surface area contributed by atoms with Gasteiger partial charge in [0.05, 0.1) is 5.92 Å². The van der Waals surface area contributed by atoms with Crippen molar-refractivity contribution in [1.82, 2.24) is 5.32 Å². The number of carbonyl (C=O) groups is 1. The predicted molar refractivity (Wildman–Crippen MR) is 44.0 cm³/mol. The molecule has 0 aromatic heterocycles. The highest BCUT2D eigenvalue weighted by molar-refractivity contribution is 5.79. The zero-order valence-electron chi connectivity index (χ0n) is 6.97. The van der Waals surface area contributed by atoms with Gasteiger partial charge in [-0.15, -0.1) is 0 Å². The Labute approximate surface area is 67.3 Å². The van der Waals surface area contributed by atoms with Crippen molar-refractivity contribution < 1.29 is 4.79 Å². The first kappa shape index (κ1) is 8.53. The van der Waals surface area contributed by atoms with Crippen molar-refractivity contribution in [3.8, 4) is 0 Å². The lowest BCUT2D eigenvalue weighted by Gasteiger charge is -2.16. The van der Waals surface area contributed by atoms with E-state index in [4.69, 9.17) is 5.73 Å². The Kier molecular flexibility index (Phi) is 2.88. The lowest BCUT2D eigenvalue weighted by atomic mass is 9.95. The van der Waals surface area contributed by atoms with Crippen LogP contribution in [0.15, 0.2) is 0 Å². The molecule has 1 rings (SSSR count). The van der Waals surface area contributed by atoms with Crippen molar-refractivity contribution in [1.29, 1.82) is 0 Å². The molecule has 0 aromatic carbocycles. The molecule has 0 spiro atoms. The highest BCUT2D eigenvalue weighted by atomic mass is 16.1. The van der Waals surface area contributed by atoms with E-state index in [1.54, 1.807) is 0 Å². The molecule has 1 unspecified atom stereocenters. The molecule has 1 aliphatic rings.